The summed E-state index contributed by atoms with van der Waals surface area (Å²) in [4.78, 5) is 42.9. The van der Waals surface area contributed by atoms with Gasteiger partial charge in [0.05, 0.1) is 0 Å². The molecular formula is C4H2BFO9. The van der Waals surface area contributed by atoms with Crippen molar-refractivity contribution in [2.75, 3.05) is 0 Å². The van der Waals surface area contributed by atoms with Crippen LogP contribution in [0, 0.1) is 0 Å². The number of rotatable bonds is 3. The summed E-state index contributed by atoms with van der Waals surface area (Å²) in [5.74, 6) is -8.20. The largest absolute Gasteiger partial charge is 0.825 e. The van der Waals surface area contributed by atoms with Crippen LogP contribution in [0.1, 0.15) is 0 Å². The Morgan fingerprint density at radius 3 is 1.47 bits per heavy atom. The zero-order chi connectivity index (χ0) is 12.0. The molecule has 0 rings (SSSR count). The number of aliphatic carboxylic acids is 2. The van der Waals surface area contributed by atoms with Crippen molar-refractivity contribution in [3.63, 3.8) is 0 Å². The van der Waals surface area contributed by atoms with Gasteiger partial charge in [-0.15, -0.1) is 0 Å². The number of hydrogen-bond acceptors (Lipinski definition) is 7. The predicted molar refractivity (Wildman–Crippen MR) is 35.4 cm³/mol. The maximum atomic E-state index is 11.5. The van der Waals surface area contributed by atoms with Crippen LogP contribution in [0.4, 0.5) is 4.53 Å². The molecule has 0 aromatic carbocycles. The van der Waals surface area contributed by atoms with Gasteiger partial charge in [-0.2, -0.15) is 4.86 Å². The van der Waals surface area contributed by atoms with Crippen LogP contribution in [-0.4, -0.2) is 41.4 Å². The molecule has 2 N–H and O–H groups in total. The number of hydrogen-bond donors (Lipinski definition) is 2. The number of carbonyl (C=O) groups excluding carboxylic acids is 2. The average molecular weight is 224 g/mol. The molecule has 0 heterocycles. The Bertz CT molecular complexity index is 272. The smallest absolute Gasteiger partial charge is 0.473 e. The molecule has 0 aromatic rings. The Hall–Kier alpha value is -2.17. The molecule has 0 aliphatic carbocycles. The number of carbonyl (C=O) groups is 4. The minimum absolute atomic E-state index is 1.99. The van der Waals surface area contributed by atoms with Crippen LogP contribution in [0.2, 0.25) is 0 Å². The third-order valence-corrected chi connectivity index (χ3v) is 0.829. The molecule has 0 unspecified atom stereocenters. The SMILES string of the molecule is O=C(O)C(=O)OB(OF)OC(=O)C(=O)O. The Kier molecular flexibility index (Phi) is 4.74. The lowest BCUT2D eigenvalue weighted by Gasteiger charge is -2.05. The molecule has 15 heavy (non-hydrogen) atoms. The lowest BCUT2D eigenvalue weighted by molar-refractivity contribution is -0.169. The Morgan fingerprint density at radius 2 is 1.27 bits per heavy atom. The summed E-state index contributed by atoms with van der Waals surface area (Å²) in [6, 6.07) is 0. The first-order valence-electron chi connectivity index (χ1n) is 3.03. The van der Waals surface area contributed by atoms with Gasteiger partial charge >= 0.3 is 31.2 Å². The highest BCUT2D eigenvalue weighted by molar-refractivity contribution is 6.49. The van der Waals surface area contributed by atoms with E-state index in [0.29, 0.717) is 0 Å². The first-order valence-corrected chi connectivity index (χ1v) is 3.03. The lowest BCUT2D eigenvalue weighted by atomic mass is 10.2. The summed E-state index contributed by atoms with van der Waals surface area (Å²) in [5.41, 5.74) is 0. The average Bonchev–Trinajstić information content (AvgIpc) is 2.15. The Morgan fingerprint density at radius 1 is 0.933 bits per heavy atom. The van der Waals surface area contributed by atoms with Crippen LogP contribution >= 0.6 is 0 Å². The van der Waals surface area contributed by atoms with Crippen LogP contribution in [0.15, 0.2) is 0 Å². The van der Waals surface area contributed by atoms with Crippen LogP contribution < -0.4 is 0 Å². The van der Waals surface area contributed by atoms with Gasteiger partial charge in [0.1, 0.15) is 0 Å². The van der Waals surface area contributed by atoms with E-state index in [-0.39, 0.29) is 0 Å². The van der Waals surface area contributed by atoms with Crippen molar-refractivity contribution in [2.45, 2.75) is 0 Å². The van der Waals surface area contributed by atoms with Gasteiger partial charge in [0, 0.05) is 0 Å². The van der Waals surface area contributed by atoms with Crippen molar-refractivity contribution < 1.29 is 48.1 Å². The molecule has 11 heteroatoms. The highest BCUT2D eigenvalue weighted by Crippen LogP contribution is 1.95. The van der Waals surface area contributed by atoms with E-state index in [1.54, 1.807) is 0 Å². The minimum atomic E-state index is -2.68. The van der Waals surface area contributed by atoms with Crippen molar-refractivity contribution in [3.05, 3.63) is 0 Å². The fourth-order valence-electron chi connectivity index (χ4n) is 0.336. The molecule has 0 saturated heterocycles. The fraction of sp³-hybridized carbons (Fsp3) is 0. The first kappa shape index (κ1) is 12.8. The molecule has 0 bridgehead atoms. The van der Waals surface area contributed by atoms with Crippen LogP contribution in [0.5, 0.6) is 0 Å². The monoisotopic (exact) mass is 224 g/mol. The van der Waals surface area contributed by atoms with E-state index in [2.05, 4.69) is 14.2 Å². The molecule has 9 nitrogen and oxygen atoms in total. The standard InChI is InChI=1S/C4H2BFO9/c6-15-5(13-3(11)1(7)8)14-4(12)2(9)10/h(H,7,8)(H,9,10). The van der Waals surface area contributed by atoms with Gasteiger partial charge in [-0.25, -0.2) is 19.2 Å². The van der Waals surface area contributed by atoms with Crippen LogP contribution in [0.3, 0.4) is 0 Å². The third kappa shape index (κ3) is 4.57. The molecule has 0 aliphatic heterocycles. The summed E-state index contributed by atoms with van der Waals surface area (Å²) in [7, 11) is -2.68. The van der Waals surface area contributed by atoms with Gasteiger partial charge in [0.15, 0.2) is 0 Å². The summed E-state index contributed by atoms with van der Waals surface area (Å²) in [5, 5.41) is 15.9. The molecule has 0 atom stereocenters. The number of carboxylic acid groups (broad SMARTS) is 2. The second kappa shape index (κ2) is 5.54. The van der Waals surface area contributed by atoms with Crippen molar-refractivity contribution in [3.8, 4) is 0 Å². The fourth-order valence-corrected chi connectivity index (χ4v) is 0.336. The van der Waals surface area contributed by atoms with Crippen LogP contribution in [0.25, 0.3) is 0 Å². The van der Waals surface area contributed by atoms with Crippen molar-refractivity contribution in [1.29, 1.82) is 0 Å². The molecule has 0 spiro atoms. The minimum Gasteiger partial charge on any atom is -0.473 e. The van der Waals surface area contributed by atoms with Crippen molar-refractivity contribution in [1.82, 2.24) is 0 Å². The molecule has 0 fully saturated rings. The second-order valence-corrected chi connectivity index (χ2v) is 1.80. The first-order chi connectivity index (χ1) is 6.88. The van der Waals surface area contributed by atoms with E-state index in [0.717, 1.165) is 0 Å². The molecular weight excluding hydrogens is 222 g/mol. The number of carboxylic acids is 2. The van der Waals surface area contributed by atoms with E-state index >= 15 is 0 Å². The molecule has 82 valence electrons. The van der Waals surface area contributed by atoms with E-state index in [1.807, 2.05) is 0 Å². The maximum absolute atomic E-state index is 11.5. The lowest BCUT2D eigenvalue weighted by Crippen LogP contribution is -2.35. The van der Waals surface area contributed by atoms with Gasteiger partial charge in [-0.3, -0.25) is 0 Å². The normalized spacial score (nSPS) is 8.87. The van der Waals surface area contributed by atoms with E-state index in [4.69, 9.17) is 10.2 Å². The van der Waals surface area contributed by atoms with E-state index < -0.39 is 31.2 Å². The quantitative estimate of drug-likeness (QED) is 0.416. The van der Waals surface area contributed by atoms with Gasteiger partial charge in [-0.1, -0.05) is 4.53 Å². The highest BCUT2D eigenvalue weighted by atomic mass is 19.3. The summed E-state index contributed by atoms with van der Waals surface area (Å²) >= 11 is 0. The van der Waals surface area contributed by atoms with Gasteiger partial charge in [-0.05, 0) is 0 Å². The van der Waals surface area contributed by atoms with Crippen molar-refractivity contribution >= 4 is 31.2 Å². The summed E-state index contributed by atoms with van der Waals surface area (Å²) < 4.78 is 18.5. The van der Waals surface area contributed by atoms with E-state index in [9.17, 15) is 23.7 Å². The van der Waals surface area contributed by atoms with Gasteiger partial charge in [0.2, 0.25) is 0 Å². The van der Waals surface area contributed by atoms with Crippen molar-refractivity contribution in [2.24, 2.45) is 0 Å². The molecule has 0 saturated carbocycles. The number of halogens is 1. The Labute approximate surface area is 80.4 Å². The van der Waals surface area contributed by atoms with E-state index in [1.165, 1.54) is 0 Å². The Balaban J connectivity index is 4.27. The molecule has 0 aromatic heterocycles. The van der Waals surface area contributed by atoms with Gasteiger partial charge in [0.25, 0.3) is 0 Å². The maximum Gasteiger partial charge on any atom is 0.825 e. The van der Waals surface area contributed by atoms with Crippen LogP contribution in [-0.2, 0) is 33.3 Å². The third-order valence-electron chi connectivity index (χ3n) is 0.829. The zero-order valence-electron chi connectivity index (χ0n) is 6.71. The zero-order valence-corrected chi connectivity index (χ0v) is 6.71. The molecule has 0 amide bonds. The molecule has 0 radical (unpaired) electrons. The predicted octanol–water partition coefficient (Wildman–Crippen LogP) is -1.87. The summed E-state index contributed by atoms with van der Waals surface area (Å²) in [6.07, 6.45) is 0. The molecule has 0 aliphatic rings. The summed E-state index contributed by atoms with van der Waals surface area (Å²) in [6.45, 7) is 0. The topological polar surface area (TPSA) is 136 Å². The second-order valence-electron chi connectivity index (χ2n) is 1.80. The van der Waals surface area contributed by atoms with Gasteiger partial charge < -0.3 is 19.5 Å². The highest BCUT2D eigenvalue weighted by Gasteiger charge is 2.37.